The molecule has 0 bridgehead atoms. The molecule has 5 heteroatoms. The fourth-order valence-electron chi connectivity index (χ4n) is 2.22. The van der Waals surface area contributed by atoms with Crippen LogP contribution in [0, 0.1) is 0 Å². The molecule has 0 spiro atoms. The number of hydrogen-bond acceptors (Lipinski definition) is 3. The molecule has 0 saturated carbocycles. The second-order valence-corrected chi connectivity index (χ2v) is 8.77. The largest absolute Gasteiger partial charge is 1.00 e. The Kier molecular flexibility index (Phi) is 7.71. The van der Waals surface area contributed by atoms with E-state index >= 15 is 0 Å². The topological polar surface area (TPSA) is 35.5 Å². The fourth-order valence-corrected chi connectivity index (χ4v) is 2.85. The number of hydrogen-bond donors (Lipinski definition) is 0. The zero-order chi connectivity index (χ0) is 18.0. The minimum atomic E-state index is -2.26. The molecule has 25 heavy (non-hydrogen) atoms. The zero-order valence-corrected chi connectivity index (χ0v) is 19.2. The summed E-state index contributed by atoms with van der Waals surface area (Å²) in [6.45, 7) is 12.9. The Morgan fingerprint density at radius 2 is 0.960 bits per heavy atom. The Labute approximate surface area is 175 Å². The van der Waals surface area contributed by atoms with Crippen LogP contribution in [0.5, 0.6) is 11.5 Å². The molecule has 2 rings (SSSR count). The van der Waals surface area contributed by atoms with Gasteiger partial charge in [0.05, 0.1) is 0 Å². The molecule has 0 radical (unpaired) electrons. The second kappa shape index (κ2) is 8.68. The van der Waals surface area contributed by atoms with Crippen molar-refractivity contribution in [3.63, 3.8) is 0 Å². The number of benzene rings is 2. The molecule has 130 valence electrons. The minimum absolute atomic E-state index is 0. The van der Waals surface area contributed by atoms with E-state index in [0.717, 1.165) is 0 Å². The maximum absolute atomic E-state index is 12.0. The summed E-state index contributed by atoms with van der Waals surface area (Å²) in [5, 5.41) is 0. The van der Waals surface area contributed by atoms with Gasteiger partial charge in [0.2, 0.25) is 0 Å². The van der Waals surface area contributed by atoms with Crippen LogP contribution in [0.2, 0.25) is 0 Å². The van der Waals surface area contributed by atoms with Crippen LogP contribution in [-0.4, -0.2) is 0 Å². The van der Waals surface area contributed by atoms with Gasteiger partial charge in [0.15, 0.2) is 11.5 Å². The molecule has 2 aromatic rings. The van der Waals surface area contributed by atoms with E-state index in [0.29, 0.717) is 11.5 Å². The summed E-state index contributed by atoms with van der Waals surface area (Å²) in [7, 11) is -2.26. The predicted octanol–water partition coefficient (Wildman–Crippen LogP) is 3.51. The molecule has 0 fully saturated rings. The van der Waals surface area contributed by atoms with Crippen LogP contribution >= 0.6 is 8.25 Å². The van der Waals surface area contributed by atoms with Crippen molar-refractivity contribution in [2.45, 2.75) is 52.4 Å². The summed E-state index contributed by atoms with van der Waals surface area (Å²) < 4.78 is 22.8. The van der Waals surface area contributed by atoms with Crippen LogP contribution in [0.1, 0.15) is 54.1 Å². The molecule has 0 atom stereocenters. The molecule has 0 unspecified atom stereocenters. The van der Waals surface area contributed by atoms with Gasteiger partial charge in [-0.2, -0.15) is 0 Å². The summed E-state index contributed by atoms with van der Waals surface area (Å²) in [4.78, 5) is 0. The maximum atomic E-state index is 12.0. The average Bonchev–Trinajstić information content (AvgIpc) is 2.46. The van der Waals surface area contributed by atoms with Gasteiger partial charge in [-0.05, 0) is 46.2 Å². The summed E-state index contributed by atoms with van der Waals surface area (Å²) in [5.41, 5.74) is 2.55. The first-order valence-corrected chi connectivity index (χ1v) is 9.19. The molecular formula is C20H27NaO3P+. The van der Waals surface area contributed by atoms with Crippen molar-refractivity contribution in [2.24, 2.45) is 0 Å². The minimum Gasteiger partial charge on any atom is -1.00 e. The van der Waals surface area contributed by atoms with Crippen molar-refractivity contribution in [1.82, 2.24) is 0 Å². The van der Waals surface area contributed by atoms with Crippen LogP contribution in [0.4, 0.5) is 0 Å². The van der Waals surface area contributed by atoms with Crippen LogP contribution in [0.25, 0.3) is 0 Å². The second-order valence-electron chi connectivity index (χ2n) is 7.95. The average molecular weight is 369 g/mol. The predicted molar refractivity (Wildman–Crippen MR) is 100 cm³/mol. The van der Waals surface area contributed by atoms with E-state index in [-0.39, 0.29) is 41.8 Å². The molecule has 0 aromatic heterocycles. The quantitative estimate of drug-likeness (QED) is 0.611. The maximum Gasteiger partial charge on any atom is 1.00 e. The Hall–Kier alpha value is -0.860. The first kappa shape index (κ1) is 22.2. The van der Waals surface area contributed by atoms with Crippen LogP contribution in [0.3, 0.4) is 0 Å². The van der Waals surface area contributed by atoms with E-state index in [1.54, 1.807) is 0 Å². The molecule has 2 aromatic carbocycles. The van der Waals surface area contributed by atoms with E-state index < -0.39 is 8.25 Å². The zero-order valence-electron chi connectivity index (χ0n) is 17.3. The van der Waals surface area contributed by atoms with Crippen LogP contribution < -0.4 is 38.6 Å². The molecule has 0 N–H and O–H groups in total. The molecule has 0 saturated heterocycles. The third-order valence-corrected chi connectivity index (χ3v) is 4.52. The van der Waals surface area contributed by atoms with E-state index in [1.807, 2.05) is 48.5 Å². The molecule has 0 aliphatic rings. The summed E-state index contributed by atoms with van der Waals surface area (Å²) in [5.74, 6) is 1.07. The van der Waals surface area contributed by atoms with E-state index in [2.05, 4.69) is 41.5 Å². The van der Waals surface area contributed by atoms with Crippen molar-refractivity contribution in [3.05, 3.63) is 59.7 Å². The monoisotopic (exact) mass is 369 g/mol. The third kappa shape index (κ3) is 6.75. The summed E-state index contributed by atoms with van der Waals surface area (Å²) in [6, 6.07) is 15.2. The van der Waals surface area contributed by atoms with Gasteiger partial charge in [0, 0.05) is 4.57 Å². The molecule has 3 nitrogen and oxygen atoms in total. The van der Waals surface area contributed by atoms with Gasteiger partial charge < -0.3 is 1.43 Å². The van der Waals surface area contributed by atoms with Gasteiger partial charge in [0.1, 0.15) is 0 Å². The van der Waals surface area contributed by atoms with E-state index in [9.17, 15) is 4.57 Å². The summed E-state index contributed by atoms with van der Waals surface area (Å²) in [6.07, 6.45) is 0. The third-order valence-electron chi connectivity index (χ3n) is 3.80. The fraction of sp³-hybridized carbons (Fsp3) is 0.400. The molecular weight excluding hydrogens is 342 g/mol. The van der Waals surface area contributed by atoms with Gasteiger partial charge in [-0.25, -0.2) is 9.05 Å². The normalized spacial score (nSPS) is 11.4. The van der Waals surface area contributed by atoms with Crippen LogP contribution in [0.15, 0.2) is 48.5 Å². The van der Waals surface area contributed by atoms with E-state index in [1.165, 1.54) is 11.1 Å². The van der Waals surface area contributed by atoms with Crippen molar-refractivity contribution in [1.29, 1.82) is 0 Å². The Bertz CT molecular complexity index is 640. The smallest absolute Gasteiger partial charge is 1.00 e. The van der Waals surface area contributed by atoms with Crippen molar-refractivity contribution in [2.75, 3.05) is 0 Å². The van der Waals surface area contributed by atoms with Crippen molar-refractivity contribution < 1.29 is 44.6 Å². The van der Waals surface area contributed by atoms with E-state index in [4.69, 9.17) is 9.05 Å². The van der Waals surface area contributed by atoms with Crippen molar-refractivity contribution in [3.8, 4) is 11.5 Å². The van der Waals surface area contributed by atoms with Crippen LogP contribution in [-0.2, 0) is 15.4 Å². The Morgan fingerprint density at radius 1 is 0.680 bits per heavy atom. The molecule has 0 amide bonds. The van der Waals surface area contributed by atoms with Gasteiger partial charge in [-0.15, -0.1) is 0 Å². The Morgan fingerprint density at radius 3 is 1.20 bits per heavy atom. The molecule has 0 aliphatic heterocycles. The molecule has 0 heterocycles. The number of rotatable bonds is 4. The summed E-state index contributed by atoms with van der Waals surface area (Å²) >= 11 is 0. The van der Waals surface area contributed by atoms with Gasteiger partial charge >= 0.3 is 37.8 Å². The van der Waals surface area contributed by atoms with Crippen molar-refractivity contribution >= 4 is 8.25 Å². The first-order chi connectivity index (χ1) is 11.1. The Balaban J connectivity index is 0.00000312. The standard InChI is InChI=1S/C20H26O3P.Na.H/c1-19(2,3)15-7-11-17(12-8-15)22-24(21)23-18-13-9-16(10-14-18)20(4,5)6;;/h7-14H,1-6H3;;/q2*+1;-1. The SMILES string of the molecule is CC(C)(C)c1ccc(O[P+](=O)Oc2ccc(C(C)(C)C)cc2)cc1.[H-].[Na+]. The first-order valence-electron chi connectivity index (χ1n) is 8.10. The van der Waals surface area contributed by atoms with Gasteiger partial charge in [-0.1, -0.05) is 65.8 Å². The molecule has 0 aliphatic carbocycles. The van der Waals surface area contributed by atoms with Gasteiger partial charge in [0.25, 0.3) is 0 Å². The van der Waals surface area contributed by atoms with Gasteiger partial charge in [-0.3, -0.25) is 0 Å².